The van der Waals surface area contributed by atoms with Crippen LogP contribution in [0.15, 0.2) is 54.8 Å². The van der Waals surface area contributed by atoms with Gasteiger partial charge in [-0.3, -0.25) is 9.59 Å². The number of aliphatic hydroxyl groups excluding tert-OH is 1. The monoisotopic (exact) mass is 614 g/mol. The number of rotatable bonds is 7. The highest BCUT2D eigenvalue weighted by Gasteiger charge is 2.30. The number of hydrogen-bond acceptors (Lipinski definition) is 11. The lowest BCUT2D eigenvalue weighted by Gasteiger charge is -2.21. The van der Waals surface area contributed by atoms with Crippen LogP contribution in [-0.4, -0.2) is 49.9 Å². The zero-order valence-electron chi connectivity index (χ0n) is 25.4. The average molecular weight is 615 g/mol. The van der Waals surface area contributed by atoms with Crippen LogP contribution in [0, 0.1) is 6.92 Å². The van der Waals surface area contributed by atoms with Gasteiger partial charge in [0.2, 0.25) is 0 Å². The van der Waals surface area contributed by atoms with E-state index in [-0.39, 0.29) is 84.8 Å². The summed E-state index contributed by atoms with van der Waals surface area (Å²) >= 11 is 0. The molecule has 0 aliphatic rings. The molecule has 0 bridgehead atoms. The molecule has 11 heteroatoms. The van der Waals surface area contributed by atoms with E-state index in [0.29, 0.717) is 22.3 Å². The highest BCUT2D eigenvalue weighted by Crippen LogP contribution is 2.54. The molecule has 2 heterocycles. The van der Waals surface area contributed by atoms with Crippen molar-refractivity contribution >= 4 is 43.5 Å². The van der Waals surface area contributed by atoms with Crippen molar-refractivity contribution in [3.63, 3.8) is 0 Å². The summed E-state index contributed by atoms with van der Waals surface area (Å²) in [7, 11) is 5.71. The third kappa shape index (κ3) is 4.54. The van der Waals surface area contributed by atoms with Gasteiger partial charge in [0.05, 0.1) is 50.9 Å². The number of aromatic hydroxyl groups is 2. The lowest BCUT2D eigenvalue weighted by Crippen LogP contribution is -2.10. The van der Waals surface area contributed by atoms with Gasteiger partial charge in [-0.2, -0.15) is 0 Å². The Balaban J connectivity index is 1.93. The summed E-state index contributed by atoms with van der Waals surface area (Å²) in [5.74, 6) is 0.666. The predicted octanol–water partition coefficient (Wildman–Crippen LogP) is 5.55. The minimum atomic E-state index is -0.839. The fourth-order valence-corrected chi connectivity index (χ4v) is 5.99. The Bertz CT molecular complexity index is 2290. The maximum atomic E-state index is 13.6. The van der Waals surface area contributed by atoms with Crippen LogP contribution in [0.25, 0.3) is 54.6 Å². The van der Waals surface area contributed by atoms with Gasteiger partial charge in [0.15, 0.2) is 16.4 Å². The summed E-state index contributed by atoms with van der Waals surface area (Å²) < 4.78 is 35.1. The number of hydrogen-bond donors (Lipinski definition) is 3. The van der Waals surface area contributed by atoms with Crippen LogP contribution in [0.5, 0.6) is 34.5 Å². The van der Waals surface area contributed by atoms with Crippen molar-refractivity contribution in [3.05, 3.63) is 68.4 Å². The number of methoxy groups -OCH3 is 4. The lowest BCUT2D eigenvalue weighted by molar-refractivity contribution is 0.187. The number of benzene rings is 4. The number of aliphatic hydroxyl groups is 1. The summed E-state index contributed by atoms with van der Waals surface area (Å²) in [6.45, 7) is 3.19. The maximum Gasteiger partial charge on any atom is 0.196 e. The summed E-state index contributed by atoms with van der Waals surface area (Å²) in [4.78, 5) is 26.6. The van der Waals surface area contributed by atoms with Gasteiger partial charge in [-0.25, -0.2) is 0 Å². The van der Waals surface area contributed by atoms with Crippen molar-refractivity contribution in [1.82, 2.24) is 0 Å². The Morgan fingerprint density at radius 3 is 2.07 bits per heavy atom. The van der Waals surface area contributed by atoms with E-state index < -0.39 is 17.0 Å². The first-order valence-corrected chi connectivity index (χ1v) is 13.9. The van der Waals surface area contributed by atoms with E-state index in [0.717, 1.165) is 0 Å². The molecule has 0 spiro atoms. The molecule has 6 aromatic rings. The molecule has 0 saturated carbocycles. The van der Waals surface area contributed by atoms with Crippen LogP contribution >= 0.6 is 0 Å². The number of fused-ring (bicyclic) bond motifs is 4. The average Bonchev–Trinajstić information content (AvgIpc) is 2.99. The predicted molar refractivity (Wildman–Crippen MR) is 169 cm³/mol. The minimum absolute atomic E-state index is 0.0127. The zero-order valence-corrected chi connectivity index (χ0v) is 25.4. The Labute approximate surface area is 255 Å². The van der Waals surface area contributed by atoms with Crippen molar-refractivity contribution in [2.24, 2.45) is 0 Å². The molecule has 6 rings (SSSR count). The van der Waals surface area contributed by atoms with Crippen molar-refractivity contribution in [2.45, 2.75) is 26.4 Å². The minimum Gasteiger partial charge on any atom is -0.506 e. The zero-order chi connectivity index (χ0) is 32.3. The molecule has 3 N–H and O–H groups in total. The molecule has 0 amide bonds. The fraction of sp³-hybridized carbons (Fsp3) is 0.235. The second-order valence-corrected chi connectivity index (χ2v) is 10.7. The van der Waals surface area contributed by atoms with Crippen LogP contribution in [-0.2, 0) is 6.42 Å². The normalized spacial score (nSPS) is 12.2. The van der Waals surface area contributed by atoms with Gasteiger partial charge >= 0.3 is 0 Å². The molecule has 0 fully saturated rings. The molecule has 232 valence electrons. The van der Waals surface area contributed by atoms with E-state index in [1.165, 1.54) is 40.6 Å². The van der Waals surface area contributed by atoms with E-state index in [1.54, 1.807) is 38.1 Å². The summed E-state index contributed by atoms with van der Waals surface area (Å²) in [6, 6.07) is 8.93. The largest absolute Gasteiger partial charge is 0.506 e. The summed E-state index contributed by atoms with van der Waals surface area (Å²) in [5.41, 5.74) is -0.398. The first-order valence-electron chi connectivity index (χ1n) is 13.9. The number of phenols is 2. The molecular formula is C34H30O11. The SMILES string of the molecule is COc1cc(OC)c2c(O)c3c(=O)cc(C[C@@H](C)O)oc3c(-c3c(OC)cc4cc5oc(C)cc(=O)c5c(O)c4c3OC)c2c1. The molecule has 0 unspecified atom stereocenters. The van der Waals surface area contributed by atoms with Gasteiger partial charge in [-0.05, 0) is 37.4 Å². The quantitative estimate of drug-likeness (QED) is 0.194. The topological polar surface area (TPSA) is 158 Å². The van der Waals surface area contributed by atoms with Gasteiger partial charge in [0.25, 0.3) is 0 Å². The van der Waals surface area contributed by atoms with Crippen LogP contribution < -0.4 is 29.8 Å². The van der Waals surface area contributed by atoms with E-state index in [1.807, 2.05) is 0 Å². The molecule has 4 aromatic carbocycles. The number of aryl methyl sites for hydroxylation is 1. The second kappa shape index (κ2) is 10.9. The van der Waals surface area contributed by atoms with E-state index in [4.69, 9.17) is 27.8 Å². The third-order valence-corrected chi connectivity index (χ3v) is 7.80. The molecule has 0 radical (unpaired) electrons. The first kappa shape index (κ1) is 29.6. The standard InChI is InChI=1S/C34H30O11/c1-14(35)7-18-12-21(37)29-32(39)26-19(11-17(40-3)13-23(26)42-5)27(34(29)45-18)30-22(41-4)9-16-10-24-28(20(36)8-15(2)44-24)31(38)25(16)33(30)43-6/h8-14,35,38-39H,7H2,1-6H3/t14-/m1/s1. The Kier molecular flexibility index (Phi) is 7.20. The fourth-order valence-electron chi connectivity index (χ4n) is 5.99. The van der Waals surface area contributed by atoms with Crippen LogP contribution in [0.4, 0.5) is 0 Å². The molecule has 2 aromatic heterocycles. The van der Waals surface area contributed by atoms with Crippen LogP contribution in [0.2, 0.25) is 0 Å². The highest BCUT2D eigenvalue weighted by atomic mass is 16.5. The van der Waals surface area contributed by atoms with Gasteiger partial charge in [0.1, 0.15) is 62.4 Å². The molecule has 0 aliphatic carbocycles. The molecule has 45 heavy (non-hydrogen) atoms. The molecular weight excluding hydrogens is 584 g/mol. The molecule has 11 nitrogen and oxygen atoms in total. The van der Waals surface area contributed by atoms with Crippen molar-refractivity contribution in [3.8, 4) is 45.6 Å². The molecule has 0 saturated heterocycles. The maximum absolute atomic E-state index is 13.6. The Morgan fingerprint density at radius 2 is 1.42 bits per heavy atom. The highest BCUT2D eigenvalue weighted by molar-refractivity contribution is 6.20. The lowest BCUT2D eigenvalue weighted by atomic mass is 9.90. The van der Waals surface area contributed by atoms with Crippen molar-refractivity contribution in [2.75, 3.05) is 28.4 Å². The van der Waals surface area contributed by atoms with Gasteiger partial charge in [0, 0.05) is 35.6 Å². The van der Waals surface area contributed by atoms with Crippen LogP contribution in [0.3, 0.4) is 0 Å². The Hall–Kier alpha value is -5.42. The summed E-state index contributed by atoms with van der Waals surface area (Å²) in [5, 5.41) is 34.2. The number of ether oxygens (including phenoxy) is 4. The van der Waals surface area contributed by atoms with Gasteiger partial charge in [-0.15, -0.1) is 0 Å². The van der Waals surface area contributed by atoms with E-state index in [9.17, 15) is 24.9 Å². The van der Waals surface area contributed by atoms with Crippen molar-refractivity contribution in [1.29, 1.82) is 0 Å². The number of phenolic OH excluding ortho intramolecular Hbond substituents is 2. The van der Waals surface area contributed by atoms with Gasteiger partial charge < -0.3 is 43.1 Å². The third-order valence-electron chi connectivity index (χ3n) is 7.80. The van der Waals surface area contributed by atoms with E-state index >= 15 is 0 Å². The first-order chi connectivity index (χ1) is 21.5. The molecule has 0 aliphatic heterocycles. The van der Waals surface area contributed by atoms with Gasteiger partial charge in [-0.1, -0.05) is 0 Å². The van der Waals surface area contributed by atoms with E-state index in [2.05, 4.69) is 0 Å². The second-order valence-electron chi connectivity index (χ2n) is 10.7. The Morgan fingerprint density at radius 1 is 0.733 bits per heavy atom. The summed E-state index contributed by atoms with van der Waals surface area (Å²) in [6.07, 6.45) is -0.827. The van der Waals surface area contributed by atoms with Crippen LogP contribution in [0.1, 0.15) is 18.4 Å². The smallest absolute Gasteiger partial charge is 0.196 e. The van der Waals surface area contributed by atoms with Crippen molar-refractivity contribution < 1.29 is 43.1 Å². The molecule has 1 atom stereocenters.